The van der Waals surface area contributed by atoms with E-state index >= 15 is 0 Å². The highest BCUT2D eigenvalue weighted by Gasteiger charge is 2.45. The van der Waals surface area contributed by atoms with Crippen LogP contribution in [0.4, 0.5) is 5.69 Å². The largest absolute Gasteiger partial charge is 0.458 e. The molecule has 0 saturated heterocycles. The van der Waals surface area contributed by atoms with E-state index in [1.807, 2.05) is 13.8 Å². The lowest BCUT2D eigenvalue weighted by molar-refractivity contribution is 0.101. The van der Waals surface area contributed by atoms with E-state index in [1.165, 1.54) is 6.26 Å². The summed E-state index contributed by atoms with van der Waals surface area (Å²) in [7, 11) is -2.93. The van der Waals surface area contributed by atoms with Gasteiger partial charge in [-0.1, -0.05) is 38.1 Å². The Bertz CT molecular complexity index is 730. The van der Waals surface area contributed by atoms with Crippen LogP contribution in [0.25, 0.3) is 0 Å². The maximum absolute atomic E-state index is 13.5. The van der Waals surface area contributed by atoms with Crippen molar-refractivity contribution in [2.75, 3.05) is 5.73 Å². The standard InChI is InChI=1S/C14H14NO3P/c1-8(2)19(17)11-6-4-3-5-9(11)12(16)13-14(19)10(15)7-18-13/h3-8H,15H2,1-2H3. The van der Waals surface area contributed by atoms with Crippen LogP contribution in [0.1, 0.15) is 30.0 Å². The van der Waals surface area contributed by atoms with Gasteiger partial charge >= 0.3 is 0 Å². The molecule has 1 aliphatic rings. The van der Waals surface area contributed by atoms with E-state index in [2.05, 4.69) is 0 Å². The highest BCUT2D eigenvalue weighted by atomic mass is 31.2. The first-order chi connectivity index (χ1) is 8.98. The van der Waals surface area contributed by atoms with Crippen LogP contribution in [0.3, 0.4) is 0 Å². The number of benzene rings is 1. The fraction of sp³-hybridized carbons (Fsp3) is 0.214. The number of rotatable bonds is 1. The van der Waals surface area contributed by atoms with Crippen molar-refractivity contribution in [2.45, 2.75) is 19.5 Å². The number of nitrogens with two attached hydrogens (primary N) is 1. The lowest BCUT2D eigenvalue weighted by Gasteiger charge is -2.28. The van der Waals surface area contributed by atoms with Gasteiger partial charge in [0.2, 0.25) is 5.78 Å². The molecule has 2 heterocycles. The van der Waals surface area contributed by atoms with Crippen molar-refractivity contribution in [3.05, 3.63) is 41.9 Å². The zero-order valence-corrected chi connectivity index (χ0v) is 11.6. The summed E-state index contributed by atoms with van der Waals surface area (Å²) in [4.78, 5) is 12.4. The van der Waals surface area contributed by atoms with Gasteiger partial charge in [0.05, 0.1) is 11.0 Å². The lowest BCUT2D eigenvalue weighted by atomic mass is 10.1. The Morgan fingerprint density at radius 1 is 1.26 bits per heavy atom. The highest BCUT2D eigenvalue weighted by Crippen LogP contribution is 2.54. The zero-order chi connectivity index (χ0) is 13.8. The molecule has 0 amide bonds. The number of nitrogen functional groups attached to an aromatic ring is 1. The van der Waals surface area contributed by atoms with Gasteiger partial charge in [-0.3, -0.25) is 4.79 Å². The molecular formula is C14H14NO3P. The van der Waals surface area contributed by atoms with E-state index in [0.717, 1.165) is 0 Å². The van der Waals surface area contributed by atoms with Crippen LogP contribution < -0.4 is 16.3 Å². The van der Waals surface area contributed by atoms with Crippen LogP contribution in [-0.2, 0) is 4.57 Å². The van der Waals surface area contributed by atoms with Gasteiger partial charge in [0.15, 0.2) is 12.9 Å². The van der Waals surface area contributed by atoms with Gasteiger partial charge in [-0.25, -0.2) is 0 Å². The molecule has 1 unspecified atom stereocenters. The van der Waals surface area contributed by atoms with Gasteiger partial charge < -0.3 is 14.7 Å². The summed E-state index contributed by atoms with van der Waals surface area (Å²) in [6.45, 7) is 3.76. The van der Waals surface area contributed by atoms with E-state index in [1.54, 1.807) is 24.3 Å². The van der Waals surface area contributed by atoms with E-state index < -0.39 is 7.14 Å². The minimum atomic E-state index is -2.93. The molecule has 1 aliphatic heterocycles. The van der Waals surface area contributed by atoms with Crippen molar-refractivity contribution in [1.29, 1.82) is 0 Å². The molecule has 1 atom stereocenters. The first-order valence-electron chi connectivity index (χ1n) is 6.09. The fourth-order valence-corrected chi connectivity index (χ4v) is 5.65. The van der Waals surface area contributed by atoms with Gasteiger partial charge in [0.25, 0.3) is 0 Å². The quantitative estimate of drug-likeness (QED) is 0.809. The van der Waals surface area contributed by atoms with Crippen LogP contribution in [0, 0.1) is 0 Å². The number of carbonyl (C=O) groups is 1. The monoisotopic (exact) mass is 275 g/mol. The van der Waals surface area contributed by atoms with E-state index in [-0.39, 0.29) is 17.2 Å². The molecule has 3 rings (SSSR count). The molecule has 0 fully saturated rings. The molecule has 1 aromatic heterocycles. The number of hydrogen-bond donors (Lipinski definition) is 1. The molecule has 2 N–H and O–H groups in total. The van der Waals surface area contributed by atoms with Crippen molar-refractivity contribution in [2.24, 2.45) is 0 Å². The first kappa shape index (κ1) is 12.2. The summed E-state index contributed by atoms with van der Waals surface area (Å²) in [5.74, 6) is -0.109. The summed E-state index contributed by atoms with van der Waals surface area (Å²) >= 11 is 0. The van der Waals surface area contributed by atoms with Gasteiger partial charge in [-0.2, -0.15) is 0 Å². The smallest absolute Gasteiger partial charge is 0.229 e. The third-order valence-electron chi connectivity index (χ3n) is 3.56. The molecule has 2 aromatic rings. The second kappa shape index (κ2) is 3.84. The Labute approximate surface area is 111 Å². The van der Waals surface area contributed by atoms with Crippen molar-refractivity contribution < 1.29 is 13.8 Å². The SMILES string of the molecule is CC(C)P1(=O)c2ccccc2C(=O)c2occ(N)c21. The minimum Gasteiger partial charge on any atom is -0.458 e. The molecular weight excluding hydrogens is 261 g/mol. The topological polar surface area (TPSA) is 73.3 Å². The molecule has 0 saturated carbocycles. The van der Waals surface area contributed by atoms with Crippen LogP contribution >= 0.6 is 7.14 Å². The predicted molar refractivity (Wildman–Crippen MR) is 75.0 cm³/mol. The third-order valence-corrected chi connectivity index (χ3v) is 7.25. The summed E-state index contributed by atoms with van der Waals surface area (Å²) in [6, 6.07) is 7.00. The molecule has 98 valence electrons. The summed E-state index contributed by atoms with van der Waals surface area (Å²) in [6.07, 6.45) is 1.31. The molecule has 4 nitrogen and oxygen atoms in total. The predicted octanol–water partition coefficient (Wildman–Crippen LogP) is 2.13. The lowest BCUT2D eigenvalue weighted by Crippen LogP contribution is -2.35. The summed E-state index contributed by atoms with van der Waals surface area (Å²) < 4.78 is 18.8. The maximum Gasteiger partial charge on any atom is 0.229 e. The van der Waals surface area contributed by atoms with Crippen LogP contribution in [0.15, 0.2) is 34.9 Å². The molecule has 0 spiro atoms. The van der Waals surface area contributed by atoms with Crippen molar-refractivity contribution in [3.63, 3.8) is 0 Å². The molecule has 0 radical (unpaired) electrons. The summed E-state index contributed by atoms with van der Waals surface area (Å²) in [5.41, 5.74) is 6.50. The summed E-state index contributed by atoms with van der Waals surface area (Å²) in [5, 5.41) is 0.988. The number of ketones is 1. The van der Waals surface area contributed by atoms with Crippen molar-refractivity contribution in [1.82, 2.24) is 0 Å². The van der Waals surface area contributed by atoms with Gasteiger partial charge in [0, 0.05) is 16.5 Å². The van der Waals surface area contributed by atoms with Crippen LogP contribution in [-0.4, -0.2) is 11.4 Å². The number of anilines is 1. The number of furan rings is 1. The normalized spacial score (nSPS) is 21.3. The Morgan fingerprint density at radius 2 is 1.95 bits per heavy atom. The van der Waals surface area contributed by atoms with Crippen molar-refractivity contribution in [3.8, 4) is 0 Å². The average molecular weight is 275 g/mol. The fourth-order valence-electron chi connectivity index (χ4n) is 2.60. The average Bonchev–Trinajstić information content (AvgIpc) is 2.79. The molecule has 0 bridgehead atoms. The Kier molecular flexibility index (Phi) is 2.48. The number of fused-ring (bicyclic) bond motifs is 2. The second-order valence-electron chi connectivity index (χ2n) is 4.97. The molecule has 1 aromatic carbocycles. The zero-order valence-electron chi connectivity index (χ0n) is 10.7. The first-order valence-corrected chi connectivity index (χ1v) is 7.87. The Hall–Kier alpha value is -1.80. The van der Waals surface area contributed by atoms with E-state index in [0.29, 0.717) is 21.9 Å². The van der Waals surface area contributed by atoms with Crippen LogP contribution in [0.5, 0.6) is 0 Å². The number of hydrogen-bond acceptors (Lipinski definition) is 4. The highest BCUT2D eigenvalue weighted by molar-refractivity contribution is 7.80. The Morgan fingerprint density at radius 3 is 2.63 bits per heavy atom. The van der Waals surface area contributed by atoms with E-state index in [9.17, 15) is 9.36 Å². The molecule has 0 aliphatic carbocycles. The number of carbonyl (C=O) groups excluding carboxylic acids is 1. The van der Waals surface area contributed by atoms with E-state index in [4.69, 9.17) is 10.2 Å². The molecule has 19 heavy (non-hydrogen) atoms. The van der Waals surface area contributed by atoms with Gasteiger partial charge in [-0.05, 0) is 0 Å². The second-order valence-corrected chi connectivity index (χ2v) is 8.24. The van der Waals surface area contributed by atoms with Gasteiger partial charge in [0.1, 0.15) is 6.26 Å². The molecule has 5 heteroatoms. The maximum atomic E-state index is 13.5. The van der Waals surface area contributed by atoms with Crippen molar-refractivity contribution >= 4 is 29.2 Å². The Balaban J connectivity index is 2.45. The third kappa shape index (κ3) is 1.41. The van der Waals surface area contributed by atoms with Crippen LogP contribution in [0.2, 0.25) is 0 Å². The minimum absolute atomic E-state index is 0.133. The van der Waals surface area contributed by atoms with Gasteiger partial charge in [-0.15, -0.1) is 0 Å².